The van der Waals surface area contributed by atoms with Crippen LogP contribution in [0.5, 0.6) is 5.75 Å². The van der Waals surface area contributed by atoms with E-state index in [0.717, 1.165) is 12.0 Å². The quantitative estimate of drug-likeness (QED) is 0.757. The minimum Gasteiger partial charge on any atom is -0.489 e. The van der Waals surface area contributed by atoms with Crippen LogP contribution in [0.15, 0.2) is 54.6 Å². The molecule has 2 aromatic rings. The molecule has 25 heavy (non-hydrogen) atoms. The molecule has 1 amide bonds. The number of benzene rings is 2. The monoisotopic (exact) mass is 341 g/mol. The van der Waals surface area contributed by atoms with Gasteiger partial charge in [0.15, 0.2) is 0 Å². The number of carbonyl (C=O) groups excluding carboxylic acids is 1. The summed E-state index contributed by atoms with van der Waals surface area (Å²) >= 11 is 0. The zero-order valence-corrected chi connectivity index (χ0v) is 14.4. The number of nitrogens with zero attached hydrogens (tertiary/aromatic N) is 1. The molecule has 0 spiro atoms. The van der Waals surface area contributed by atoms with Gasteiger partial charge in [0.2, 0.25) is 0 Å². The van der Waals surface area contributed by atoms with Gasteiger partial charge in [-0.2, -0.15) is 0 Å². The molecule has 5 nitrogen and oxygen atoms in total. The van der Waals surface area contributed by atoms with E-state index < -0.39 is 5.97 Å². The van der Waals surface area contributed by atoms with Crippen LogP contribution >= 0.6 is 0 Å². The van der Waals surface area contributed by atoms with Gasteiger partial charge < -0.3 is 14.7 Å². The Labute approximate surface area is 147 Å². The zero-order chi connectivity index (χ0) is 18.1. The van der Waals surface area contributed by atoms with Gasteiger partial charge in [0, 0.05) is 18.7 Å². The minimum atomic E-state index is -0.904. The molecule has 1 N–H and O–H groups in total. The lowest BCUT2D eigenvalue weighted by Crippen LogP contribution is -2.33. The van der Waals surface area contributed by atoms with Crippen LogP contribution in [0.25, 0.3) is 0 Å². The van der Waals surface area contributed by atoms with Crippen molar-refractivity contribution in [1.29, 1.82) is 0 Å². The lowest BCUT2D eigenvalue weighted by molar-refractivity contribution is -0.137. The molecular weight excluding hydrogens is 318 g/mol. The van der Waals surface area contributed by atoms with Crippen LogP contribution in [0, 0.1) is 0 Å². The molecule has 0 aromatic heterocycles. The normalized spacial score (nSPS) is 10.3. The van der Waals surface area contributed by atoms with E-state index in [2.05, 4.69) is 0 Å². The van der Waals surface area contributed by atoms with E-state index >= 15 is 0 Å². The Morgan fingerprint density at radius 2 is 1.68 bits per heavy atom. The molecule has 132 valence electrons. The molecule has 0 radical (unpaired) electrons. The zero-order valence-electron chi connectivity index (χ0n) is 14.4. The van der Waals surface area contributed by atoms with E-state index in [1.807, 2.05) is 37.3 Å². The minimum absolute atomic E-state index is 0.0516. The Hall–Kier alpha value is -2.82. The fourth-order valence-corrected chi connectivity index (χ4v) is 2.43. The maximum absolute atomic E-state index is 12.5. The first kappa shape index (κ1) is 18.5. The Morgan fingerprint density at radius 1 is 1.00 bits per heavy atom. The smallest absolute Gasteiger partial charge is 0.305 e. The Balaban J connectivity index is 1.96. The lowest BCUT2D eigenvalue weighted by Gasteiger charge is -2.21. The number of amides is 1. The summed E-state index contributed by atoms with van der Waals surface area (Å²) in [6.45, 7) is 3.18. The molecule has 0 aliphatic carbocycles. The van der Waals surface area contributed by atoms with Gasteiger partial charge >= 0.3 is 5.97 Å². The van der Waals surface area contributed by atoms with Crippen LogP contribution < -0.4 is 4.74 Å². The van der Waals surface area contributed by atoms with Crippen LogP contribution in [-0.4, -0.2) is 35.0 Å². The largest absolute Gasteiger partial charge is 0.489 e. The summed E-state index contributed by atoms with van der Waals surface area (Å²) in [5.74, 6) is -0.371. The predicted molar refractivity (Wildman–Crippen MR) is 95.7 cm³/mol. The summed E-state index contributed by atoms with van der Waals surface area (Å²) in [6, 6.07) is 16.8. The lowest BCUT2D eigenvalue weighted by atomic mass is 10.1. The van der Waals surface area contributed by atoms with Crippen molar-refractivity contribution in [3.63, 3.8) is 0 Å². The molecule has 0 heterocycles. The molecule has 0 fully saturated rings. The molecule has 0 saturated carbocycles. The average Bonchev–Trinajstić information content (AvgIpc) is 2.64. The van der Waals surface area contributed by atoms with Gasteiger partial charge in [-0.25, -0.2) is 0 Å². The Kier molecular flexibility index (Phi) is 7.01. The molecule has 5 heteroatoms. The van der Waals surface area contributed by atoms with Crippen LogP contribution in [0.3, 0.4) is 0 Å². The number of ether oxygens (including phenoxy) is 1. The van der Waals surface area contributed by atoms with Gasteiger partial charge in [-0.15, -0.1) is 0 Å². The third-order valence-electron chi connectivity index (χ3n) is 3.73. The van der Waals surface area contributed by atoms with E-state index in [0.29, 0.717) is 24.5 Å². The fraction of sp³-hybridized carbons (Fsp3) is 0.300. The molecular formula is C20H23NO4. The van der Waals surface area contributed by atoms with Crippen molar-refractivity contribution >= 4 is 11.9 Å². The number of hydrogen-bond donors (Lipinski definition) is 1. The number of carbonyl (C=O) groups is 2. The Morgan fingerprint density at radius 3 is 2.28 bits per heavy atom. The summed E-state index contributed by atoms with van der Waals surface area (Å²) in [5, 5.41) is 8.82. The van der Waals surface area contributed by atoms with Gasteiger partial charge in [0.05, 0.1) is 6.42 Å². The van der Waals surface area contributed by atoms with Crippen LogP contribution in [0.1, 0.15) is 35.7 Å². The van der Waals surface area contributed by atoms with Gasteiger partial charge in [0.1, 0.15) is 12.4 Å². The standard InChI is InChI=1S/C20H23NO4/c1-2-13-21(14-12-19(22)23)20(24)17-8-10-18(11-9-17)25-15-16-6-4-3-5-7-16/h3-11H,2,12-15H2,1H3,(H,22,23). The fourth-order valence-electron chi connectivity index (χ4n) is 2.43. The van der Waals surface area contributed by atoms with Gasteiger partial charge in [-0.1, -0.05) is 37.3 Å². The predicted octanol–water partition coefficient (Wildman–Crippen LogP) is 3.59. The highest BCUT2D eigenvalue weighted by molar-refractivity contribution is 5.94. The van der Waals surface area contributed by atoms with Crippen molar-refractivity contribution in [3.05, 3.63) is 65.7 Å². The maximum atomic E-state index is 12.5. The molecule has 2 rings (SSSR count). The van der Waals surface area contributed by atoms with E-state index in [-0.39, 0.29) is 18.9 Å². The highest BCUT2D eigenvalue weighted by Gasteiger charge is 2.16. The van der Waals surface area contributed by atoms with Gasteiger partial charge in [-0.3, -0.25) is 9.59 Å². The summed E-state index contributed by atoms with van der Waals surface area (Å²) in [6.07, 6.45) is 0.730. The summed E-state index contributed by atoms with van der Waals surface area (Å²) in [7, 11) is 0. The van der Waals surface area contributed by atoms with E-state index in [4.69, 9.17) is 9.84 Å². The third-order valence-corrected chi connectivity index (χ3v) is 3.73. The first-order valence-corrected chi connectivity index (χ1v) is 8.38. The number of carboxylic acid groups (broad SMARTS) is 1. The van der Waals surface area contributed by atoms with Crippen LogP contribution in [0.2, 0.25) is 0 Å². The molecule has 0 aliphatic rings. The first-order chi connectivity index (χ1) is 12.1. The van der Waals surface area contributed by atoms with E-state index in [1.165, 1.54) is 0 Å². The number of rotatable bonds is 9. The Bertz CT molecular complexity index is 683. The van der Waals surface area contributed by atoms with Crippen LogP contribution in [-0.2, 0) is 11.4 Å². The summed E-state index contributed by atoms with van der Waals surface area (Å²) in [4.78, 5) is 24.9. The molecule has 0 atom stereocenters. The summed E-state index contributed by atoms with van der Waals surface area (Å²) < 4.78 is 5.71. The van der Waals surface area contributed by atoms with Gasteiger partial charge in [-0.05, 0) is 36.2 Å². The highest BCUT2D eigenvalue weighted by atomic mass is 16.5. The third kappa shape index (κ3) is 5.95. The average molecular weight is 341 g/mol. The second kappa shape index (κ2) is 9.47. The molecule has 0 aliphatic heterocycles. The first-order valence-electron chi connectivity index (χ1n) is 8.38. The van der Waals surface area contributed by atoms with Crippen molar-refractivity contribution in [1.82, 2.24) is 4.90 Å². The van der Waals surface area contributed by atoms with Gasteiger partial charge in [0.25, 0.3) is 5.91 Å². The number of aliphatic carboxylic acids is 1. The van der Waals surface area contributed by atoms with Crippen molar-refractivity contribution in [2.24, 2.45) is 0 Å². The topological polar surface area (TPSA) is 66.8 Å². The number of hydrogen-bond acceptors (Lipinski definition) is 3. The maximum Gasteiger partial charge on any atom is 0.305 e. The van der Waals surface area contributed by atoms with Crippen molar-refractivity contribution in [2.75, 3.05) is 13.1 Å². The SMILES string of the molecule is CCCN(CCC(=O)O)C(=O)c1ccc(OCc2ccccc2)cc1. The van der Waals surface area contributed by atoms with Crippen molar-refractivity contribution in [3.8, 4) is 5.75 Å². The molecule has 0 bridgehead atoms. The number of carboxylic acids is 1. The van der Waals surface area contributed by atoms with E-state index in [1.54, 1.807) is 29.2 Å². The second-order valence-electron chi connectivity index (χ2n) is 5.73. The van der Waals surface area contributed by atoms with Crippen molar-refractivity contribution in [2.45, 2.75) is 26.4 Å². The molecule has 0 unspecified atom stereocenters. The molecule has 2 aromatic carbocycles. The van der Waals surface area contributed by atoms with E-state index in [9.17, 15) is 9.59 Å². The molecule has 0 saturated heterocycles. The van der Waals surface area contributed by atoms with Crippen LogP contribution in [0.4, 0.5) is 0 Å². The van der Waals surface area contributed by atoms with Crippen molar-refractivity contribution < 1.29 is 19.4 Å². The second-order valence-corrected chi connectivity index (χ2v) is 5.73. The highest BCUT2D eigenvalue weighted by Crippen LogP contribution is 2.16. The summed E-state index contributed by atoms with van der Waals surface area (Å²) in [5.41, 5.74) is 1.61.